The topological polar surface area (TPSA) is 24.8 Å². The molecule has 0 saturated carbocycles. The molecule has 1 unspecified atom stereocenters. The van der Waals surface area contributed by atoms with E-state index in [-0.39, 0.29) is 0 Å². The first-order valence-electron chi connectivity index (χ1n) is 5.39. The molecule has 1 aliphatic rings. The summed E-state index contributed by atoms with van der Waals surface area (Å²) in [5.41, 5.74) is 1.13. The number of anilines is 1. The maximum atomic E-state index is 5.15. The second kappa shape index (κ2) is 5.78. The first-order valence-corrected chi connectivity index (χ1v) is 7.39. The van der Waals surface area contributed by atoms with Gasteiger partial charge in [0.05, 0.1) is 13.7 Å². The predicted molar refractivity (Wildman–Crippen MR) is 78.9 cm³/mol. The van der Waals surface area contributed by atoms with Crippen LogP contribution in [0.3, 0.4) is 0 Å². The van der Waals surface area contributed by atoms with Crippen LogP contribution in [0, 0.1) is 0 Å². The molecule has 1 aliphatic heterocycles. The number of halogens is 1. The third-order valence-electron chi connectivity index (χ3n) is 2.62. The van der Waals surface area contributed by atoms with Crippen molar-refractivity contribution in [1.82, 2.24) is 0 Å². The van der Waals surface area contributed by atoms with E-state index in [0.717, 1.165) is 28.5 Å². The van der Waals surface area contributed by atoms with Crippen molar-refractivity contribution in [2.24, 2.45) is 4.99 Å². The summed E-state index contributed by atoms with van der Waals surface area (Å²) in [5.74, 6) is 0.876. The summed E-state index contributed by atoms with van der Waals surface area (Å²) >= 11 is 5.32. The first kappa shape index (κ1) is 12.8. The monoisotopic (exact) mass is 314 g/mol. The van der Waals surface area contributed by atoms with Crippen LogP contribution in [0.25, 0.3) is 0 Å². The molecule has 1 atom stereocenters. The molecule has 1 aromatic rings. The number of hydrogen-bond acceptors (Lipinski definition) is 4. The summed E-state index contributed by atoms with van der Waals surface area (Å²) in [4.78, 5) is 6.67. The normalized spacial score (nSPS) is 19.0. The van der Waals surface area contributed by atoms with Crippen molar-refractivity contribution < 1.29 is 4.74 Å². The highest BCUT2D eigenvalue weighted by molar-refractivity contribution is 9.09. The lowest BCUT2D eigenvalue weighted by molar-refractivity contribution is 0.415. The molecule has 2 rings (SSSR count). The lowest BCUT2D eigenvalue weighted by atomic mass is 10.3. The summed E-state index contributed by atoms with van der Waals surface area (Å²) < 4.78 is 5.15. The number of ether oxygens (including phenoxy) is 1. The second-order valence-corrected chi connectivity index (χ2v) is 5.69. The van der Waals surface area contributed by atoms with Crippen LogP contribution < -0.4 is 9.64 Å². The van der Waals surface area contributed by atoms with Gasteiger partial charge in [-0.25, -0.2) is 0 Å². The van der Waals surface area contributed by atoms with Gasteiger partial charge in [0.15, 0.2) is 5.17 Å². The van der Waals surface area contributed by atoms with Crippen molar-refractivity contribution in [2.75, 3.05) is 30.9 Å². The lowest BCUT2D eigenvalue weighted by Crippen LogP contribution is -2.22. The number of benzene rings is 1. The predicted octanol–water partition coefficient (Wildman–Crippen LogP) is 3.00. The zero-order valence-electron chi connectivity index (χ0n) is 9.89. The molecule has 0 fully saturated rings. The maximum Gasteiger partial charge on any atom is 0.163 e. The highest BCUT2D eigenvalue weighted by atomic mass is 79.9. The van der Waals surface area contributed by atoms with Crippen molar-refractivity contribution >= 4 is 38.5 Å². The van der Waals surface area contributed by atoms with Crippen molar-refractivity contribution in [3.63, 3.8) is 0 Å². The van der Waals surface area contributed by atoms with Gasteiger partial charge >= 0.3 is 0 Å². The molecule has 0 aromatic heterocycles. The highest BCUT2D eigenvalue weighted by Crippen LogP contribution is 2.28. The average molecular weight is 315 g/mol. The smallest absolute Gasteiger partial charge is 0.163 e. The maximum absolute atomic E-state index is 5.15. The molecule has 5 heteroatoms. The van der Waals surface area contributed by atoms with Crippen molar-refractivity contribution in [3.05, 3.63) is 24.3 Å². The summed E-state index contributed by atoms with van der Waals surface area (Å²) in [6.07, 6.45) is 0. The van der Waals surface area contributed by atoms with Crippen LogP contribution >= 0.6 is 27.7 Å². The molecule has 0 saturated heterocycles. The number of thioether (sulfide) groups is 1. The fourth-order valence-electron chi connectivity index (χ4n) is 1.59. The number of nitrogens with zero attached hydrogens (tertiary/aromatic N) is 2. The zero-order valence-corrected chi connectivity index (χ0v) is 12.3. The zero-order chi connectivity index (χ0) is 12.3. The quantitative estimate of drug-likeness (QED) is 0.802. The molecule has 92 valence electrons. The molecule has 17 heavy (non-hydrogen) atoms. The summed E-state index contributed by atoms with van der Waals surface area (Å²) in [6.45, 7) is 0.895. The Morgan fingerprint density at radius 2 is 2.18 bits per heavy atom. The molecule has 0 aliphatic carbocycles. The SMILES string of the molecule is COc1ccc(N(C)C2=NCC(CBr)S2)cc1. The molecule has 1 aromatic carbocycles. The number of alkyl halides is 1. The number of rotatable bonds is 3. The van der Waals surface area contributed by atoms with Crippen LogP contribution in [0.4, 0.5) is 5.69 Å². The first-order chi connectivity index (χ1) is 8.24. The van der Waals surface area contributed by atoms with E-state index in [4.69, 9.17) is 4.74 Å². The Labute approximate surface area is 114 Å². The number of aliphatic imine (C=N–C) groups is 1. The third-order valence-corrected chi connectivity index (χ3v) is 5.09. The lowest BCUT2D eigenvalue weighted by Gasteiger charge is -2.19. The molecule has 0 spiro atoms. The van der Waals surface area contributed by atoms with Crippen molar-refractivity contribution in [2.45, 2.75) is 5.25 Å². The average Bonchev–Trinajstić information content (AvgIpc) is 2.87. The molecular weight excluding hydrogens is 300 g/mol. The number of methoxy groups -OCH3 is 1. The van der Waals surface area contributed by atoms with Gasteiger partial charge in [0, 0.05) is 23.3 Å². The molecule has 1 heterocycles. The van der Waals surface area contributed by atoms with E-state index in [1.54, 1.807) is 7.11 Å². The van der Waals surface area contributed by atoms with Gasteiger partial charge in [-0.2, -0.15) is 0 Å². The molecule has 0 N–H and O–H groups in total. The van der Waals surface area contributed by atoms with Gasteiger partial charge < -0.3 is 9.64 Å². The van der Waals surface area contributed by atoms with Crippen LogP contribution in [-0.2, 0) is 0 Å². The Bertz CT molecular complexity index is 407. The van der Waals surface area contributed by atoms with Gasteiger partial charge in [-0.3, -0.25) is 4.99 Å². The Morgan fingerprint density at radius 1 is 1.47 bits per heavy atom. The fraction of sp³-hybridized carbons (Fsp3) is 0.417. The van der Waals surface area contributed by atoms with E-state index in [0.29, 0.717) is 5.25 Å². The Morgan fingerprint density at radius 3 is 2.71 bits per heavy atom. The minimum Gasteiger partial charge on any atom is -0.497 e. The Balaban J connectivity index is 2.06. The Hall–Kier alpha value is -0.680. The molecule has 3 nitrogen and oxygen atoms in total. The van der Waals surface area contributed by atoms with Gasteiger partial charge in [0.2, 0.25) is 0 Å². The summed E-state index contributed by atoms with van der Waals surface area (Å²) in [5, 5.41) is 2.63. The van der Waals surface area contributed by atoms with Gasteiger partial charge in [0.25, 0.3) is 0 Å². The Kier molecular flexibility index (Phi) is 4.34. The second-order valence-electron chi connectivity index (χ2n) is 3.77. The van der Waals surface area contributed by atoms with Crippen LogP contribution in [0.2, 0.25) is 0 Å². The summed E-state index contributed by atoms with van der Waals surface area (Å²) in [6, 6.07) is 8.02. The van der Waals surface area contributed by atoms with Gasteiger partial charge in [0.1, 0.15) is 5.75 Å². The van der Waals surface area contributed by atoms with Crippen LogP contribution in [0.15, 0.2) is 29.3 Å². The largest absolute Gasteiger partial charge is 0.497 e. The standard InChI is InChI=1S/C12H15BrN2OS/c1-15(12-14-8-11(7-13)17-12)9-3-5-10(16-2)6-4-9/h3-6,11H,7-8H2,1-2H3. The minimum atomic E-state index is 0.561. The molecule has 0 bridgehead atoms. The van der Waals surface area contributed by atoms with Crippen molar-refractivity contribution in [3.8, 4) is 5.75 Å². The van der Waals surface area contributed by atoms with E-state index >= 15 is 0 Å². The van der Waals surface area contributed by atoms with Crippen LogP contribution in [0.5, 0.6) is 5.75 Å². The summed E-state index contributed by atoms with van der Waals surface area (Å²) in [7, 11) is 3.72. The van der Waals surface area contributed by atoms with Gasteiger partial charge in [-0.15, -0.1) is 0 Å². The van der Waals surface area contributed by atoms with E-state index in [9.17, 15) is 0 Å². The minimum absolute atomic E-state index is 0.561. The van der Waals surface area contributed by atoms with E-state index in [2.05, 4.69) is 25.8 Å². The van der Waals surface area contributed by atoms with Gasteiger partial charge in [-0.05, 0) is 24.3 Å². The third kappa shape index (κ3) is 2.96. The van der Waals surface area contributed by atoms with E-state index in [1.165, 1.54) is 0 Å². The highest BCUT2D eigenvalue weighted by Gasteiger charge is 2.21. The molecular formula is C12H15BrN2OS. The van der Waals surface area contributed by atoms with E-state index in [1.807, 2.05) is 43.1 Å². The number of amidine groups is 1. The van der Waals surface area contributed by atoms with E-state index < -0.39 is 0 Å². The van der Waals surface area contributed by atoms with Gasteiger partial charge in [-0.1, -0.05) is 27.7 Å². The van der Waals surface area contributed by atoms with Crippen LogP contribution in [-0.4, -0.2) is 36.4 Å². The molecule has 0 amide bonds. The van der Waals surface area contributed by atoms with Crippen molar-refractivity contribution in [1.29, 1.82) is 0 Å². The molecule has 0 radical (unpaired) electrons. The fourth-order valence-corrected chi connectivity index (χ4v) is 3.11. The number of hydrogen-bond donors (Lipinski definition) is 0. The van der Waals surface area contributed by atoms with Crippen LogP contribution in [0.1, 0.15) is 0 Å².